The van der Waals surface area contributed by atoms with Gasteiger partial charge in [0.15, 0.2) is 0 Å². The molecule has 0 radical (unpaired) electrons. The van der Waals surface area contributed by atoms with Gasteiger partial charge in [0.05, 0.1) is 0 Å². The first-order valence-corrected chi connectivity index (χ1v) is 3.29. The van der Waals surface area contributed by atoms with E-state index in [1.807, 2.05) is 0 Å². The summed E-state index contributed by atoms with van der Waals surface area (Å²) >= 11 is 0. The second kappa shape index (κ2) is 4.23. The number of hydrogen-bond donors (Lipinski definition) is 1. The van der Waals surface area contributed by atoms with Crippen molar-refractivity contribution in [3.63, 3.8) is 0 Å². The summed E-state index contributed by atoms with van der Waals surface area (Å²) in [5, 5.41) is 0. The van der Waals surface area contributed by atoms with E-state index in [2.05, 4.69) is 13.2 Å². The molecule has 0 amide bonds. The molecule has 13 heavy (non-hydrogen) atoms. The van der Waals surface area contributed by atoms with Crippen LogP contribution in [0.4, 0.5) is 17.6 Å². The number of halogens is 4. The smallest absolute Gasteiger partial charge is 0.316 e. The molecule has 0 aliphatic rings. The van der Waals surface area contributed by atoms with Crippen LogP contribution >= 0.6 is 0 Å². The number of alkyl halides is 3. The summed E-state index contributed by atoms with van der Waals surface area (Å²) in [6.45, 7) is 5.89. The molecule has 0 aromatic carbocycles. The van der Waals surface area contributed by atoms with E-state index < -0.39 is 23.6 Å². The van der Waals surface area contributed by atoms with Crippen LogP contribution in [0.3, 0.4) is 0 Å². The third kappa shape index (κ3) is 3.89. The minimum atomic E-state index is -4.60. The molecule has 0 aliphatic heterocycles. The van der Waals surface area contributed by atoms with Crippen molar-refractivity contribution in [2.45, 2.75) is 12.2 Å². The van der Waals surface area contributed by atoms with Gasteiger partial charge < -0.3 is 5.73 Å². The van der Waals surface area contributed by atoms with Crippen LogP contribution in [0.15, 0.2) is 36.7 Å². The predicted octanol–water partition coefficient (Wildman–Crippen LogP) is 2.47. The quantitative estimate of drug-likeness (QED) is 0.543. The highest BCUT2D eigenvalue weighted by atomic mass is 19.4. The van der Waals surface area contributed by atoms with Crippen LogP contribution < -0.4 is 5.73 Å². The van der Waals surface area contributed by atoms with E-state index in [1.165, 1.54) is 0 Å². The van der Waals surface area contributed by atoms with Crippen molar-refractivity contribution in [2.75, 3.05) is 0 Å². The highest BCUT2D eigenvalue weighted by Crippen LogP contribution is 2.24. The molecule has 0 saturated carbocycles. The zero-order chi connectivity index (χ0) is 10.6. The topological polar surface area (TPSA) is 26.0 Å². The van der Waals surface area contributed by atoms with E-state index >= 15 is 0 Å². The Hall–Kier alpha value is -1.10. The first-order chi connectivity index (χ1) is 5.79. The van der Waals surface area contributed by atoms with Gasteiger partial charge in [0.25, 0.3) is 0 Å². The second-order valence-corrected chi connectivity index (χ2v) is 2.31. The van der Waals surface area contributed by atoms with Crippen LogP contribution in [0.25, 0.3) is 0 Å². The van der Waals surface area contributed by atoms with Crippen molar-refractivity contribution in [3.05, 3.63) is 36.7 Å². The molecule has 0 saturated heterocycles. The lowest BCUT2D eigenvalue weighted by Gasteiger charge is -2.16. The van der Waals surface area contributed by atoms with Gasteiger partial charge in [0.1, 0.15) is 11.9 Å². The molecule has 0 heterocycles. The standard InChI is InChI=1S/C8H9F4N/c1-3-6(4-5(2)9)7(13)8(10,11)12/h3-4,7H,1-2,13H2/b6-4+. The Labute approximate surface area is 73.2 Å². The van der Waals surface area contributed by atoms with Gasteiger partial charge in [-0.2, -0.15) is 13.2 Å². The van der Waals surface area contributed by atoms with Crippen LogP contribution in [-0.4, -0.2) is 12.2 Å². The molecule has 2 N–H and O–H groups in total. The van der Waals surface area contributed by atoms with Crippen molar-refractivity contribution in [1.82, 2.24) is 0 Å². The Kier molecular flexibility index (Phi) is 3.87. The SMILES string of the molecule is C=C/C(=C\C(=C)F)C(N)C(F)(F)F. The first-order valence-electron chi connectivity index (χ1n) is 3.29. The summed E-state index contributed by atoms with van der Waals surface area (Å²) < 4.78 is 48.1. The molecule has 0 spiro atoms. The fourth-order valence-corrected chi connectivity index (χ4v) is 0.645. The van der Waals surface area contributed by atoms with E-state index in [1.54, 1.807) is 0 Å². The van der Waals surface area contributed by atoms with E-state index in [0.717, 1.165) is 6.08 Å². The average Bonchev–Trinajstić information content (AvgIpc) is 1.96. The van der Waals surface area contributed by atoms with Gasteiger partial charge in [-0.1, -0.05) is 19.2 Å². The fourth-order valence-electron chi connectivity index (χ4n) is 0.645. The number of hydrogen-bond acceptors (Lipinski definition) is 1. The predicted molar refractivity (Wildman–Crippen MR) is 42.6 cm³/mol. The number of rotatable bonds is 3. The summed E-state index contributed by atoms with van der Waals surface area (Å²) in [5.74, 6) is -0.991. The molecule has 74 valence electrons. The number of allylic oxidation sites excluding steroid dienone is 2. The summed E-state index contributed by atoms with van der Waals surface area (Å²) in [4.78, 5) is 0. The Bertz CT molecular complexity index is 239. The van der Waals surface area contributed by atoms with Crippen LogP contribution in [0.1, 0.15) is 0 Å². The van der Waals surface area contributed by atoms with Gasteiger partial charge in [0, 0.05) is 0 Å². The monoisotopic (exact) mass is 195 g/mol. The fraction of sp³-hybridized carbons (Fsp3) is 0.250. The maximum Gasteiger partial charge on any atom is 0.407 e. The van der Waals surface area contributed by atoms with Crippen LogP contribution in [0, 0.1) is 0 Å². The largest absolute Gasteiger partial charge is 0.407 e. The van der Waals surface area contributed by atoms with Crippen molar-refractivity contribution < 1.29 is 17.6 Å². The van der Waals surface area contributed by atoms with Crippen LogP contribution in [-0.2, 0) is 0 Å². The number of nitrogens with two attached hydrogens (primary N) is 1. The Morgan fingerprint density at radius 2 is 1.85 bits per heavy atom. The van der Waals surface area contributed by atoms with Gasteiger partial charge in [-0.15, -0.1) is 0 Å². The lowest BCUT2D eigenvalue weighted by atomic mass is 10.1. The molecular formula is C8H9F4N. The van der Waals surface area contributed by atoms with Crippen LogP contribution in [0.2, 0.25) is 0 Å². The summed E-state index contributed by atoms with van der Waals surface area (Å²) in [5.41, 5.74) is 4.34. The van der Waals surface area contributed by atoms with Gasteiger partial charge in [-0.25, -0.2) is 4.39 Å². The zero-order valence-corrected chi connectivity index (χ0v) is 6.74. The Morgan fingerprint density at radius 3 is 2.08 bits per heavy atom. The van der Waals surface area contributed by atoms with Crippen molar-refractivity contribution in [3.8, 4) is 0 Å². The first kappa shape index (κ1) is 11.9. The summed E-state index contributed by atoms with van der Waals surface area (Å²) in [6, 6.07) is -2.22. The molecule has 5 heteroatoms. The lowest BCUT2D eigenvalue weighted by Crippen LogP contribution is -2.38. The Morgan fingerprint density at radius 1 is 1.38 bits per heavy atom. The maximum absolute atomic E-state index is 12.1. The van der Waals surface area contributed by atoms with Gasteiger partial charge in [0.2, 0.25) is 0 Å². The molecule has 1 atom stereocenters. The molecule has 0 rings (SSSR count). The lowest BCUT2D eigenvalue weighted by molar-refractivity contribution is -0.138. The normalized spacial score (nSPS) is 15.3. The molecule has 0 aromatic heterocycles. The van der Waals surface area contributed by atoms with Gasteiger partial charge in [-0.05, 0) is 11.6 Å². The highest BCUT2D eigenvalue weighted by Gasteiger charge is 2.38. The van der Waals surface area contributed by atoms with Gasteiger partial charge in [-0.3, -0.25) is 0 Å². The average molecular weight is 195 g/mol. The minimum Gasteiger partial charge on any atom is -0.316 e. The second-order valence-electron chi connectivity index (χ2n) is 2.31. The van der Waals surface area contributed by atoms with Crippen molar-refractivity contribution >= 4 is 0 Å². The molecule has 0 aromatic rings. The Balaban J connectivity index is 4.80. The van der Waals surface area contributed by atoms with E-state index in [4.69, 9.17) is 5.73 Å². The van der Waals surface area contributed by atoms with E-state index in [0.29, 0.717) is 6.08 Å². The van der Waals surface area contributed by atoms with E-state index in [-0.39, 0.29) is 0 Å². The molecule has 0 aliphatic carbocycles. The highest BCUT2D eigenvalue weighted by molar-refractivity contribution is 5.29. The van der Waals surface area contributed by atoms with Crippen molar-refractivity contribution in [1.29, 1.82) is 0 Å². The molecule has 1 nitrogen and oxygen atoms in total. The molecule has 0 bridgehead atoms. The summed E-state index contributed by atoms with van der Waals surface area (Å²) in [7, 11) is 0. The molecule has 0 fully saturated rings. The third-order valence-electron chi connectivity index (χ3n) is 1.27. The summed E-state index contributed by atoms with van der Waals surface area (Å²) in [6.07, 6.45) is -3.15. The van der Waals surface area contributed by atoms with Crippen LogP contribution in [0.5, 0.6) is 0 Å². The van der Waals surface area contributed by atoms with Gasteiger partial charge >= 0.3 is 6.18 Å². The minimum absolute atomic E-state index is 0.444. The third-order valence-corrected chi connectivity index (χ3v) is 1.27. The zero-order valence-electron chi connectivity index (χ0n) is 6.74. The van der Waals surface area contributed by atoms with Crippen molar-refractivity contribution in [2.24, 2.45) is 5.73 Å². The van der Waals surface area contributed by atoms with E-state index in [9.17, 15) is 17.6 Å². The maximum atomic E-state index is 12.1. The molecule has 1 unspecified atom stereocenters. The molecular weight excluding hydrogens is 186 g/mol.